The molecule has 0 N–H and O–H groups in total. The zero-order chi connectivity index (χ0) is 16.2. The highest BCUT2D eigenvalue weighted by molar-refractivity contribution is 6.42. The SMILES string of the molecule is O=C(c1ccc(Cl)c(Cl)c1)c1ccccc1CN1CCOCC1. The molecule has 1 aliphatic heterocycles. The zero-order valence-electron chi connectivity index (χ0n) is 12.6. The van der Waals surface area contributed by atoms with E-state index in [0.29, 0.717) is 21.2 Å². The Balaban J connectivity index is 1.86. The molecular formula is C18H17Cl2NO2. The molecule has 0 saturated carbocycles. The van der Waals surface area contributed by atoms with Gasteiger partial charge < -0.3 is 4.74 Å². The topological polar surface area (TPSA) is 29.5 Å². The maximum atomic E-state index is 12.8. The molecule has 1 aliphatic rings. The van der Waals surface area contributed by atoms with Crippen LogP contribution in [0.2, 0.25) is 10.0 Å². The Morgan fingerprint density at radius 1 is 1.04 bits per heavy atom. The molecule has 0 radical (unpaired) electrons. The van der Waals surface area contributed by atoms with Gasteiger partial charge in [0.05, 0.1) is 23.3 Å². The van der Waals surface area contributed by atoms with E-state index in [0.717, 1.165) is 38.4 Å². The van der Waals surface area contributed by atoms with Crippen molar-refractivity contribution in [2.24, 2.45) is 0 Å². The van der Waals surface area contributed by atoms with E-state index in [-0.39, 0.29) is 5.78 Å². The summed E-state index contributed by atoms with van der Waals surface area (Å²) < 4.78 is 5.37. The largest absolute Gasteiger partial charge is 0.379 e. The number of carbonyl (C=O) groups is 1. The van der Waals surface area contributed by atoms with E-state index in [1.165, 1.54) is 0 Å². The van der Waals surface area contributed by atoms with E-state index in [2.05, 4.69) is 4.90 Å². The van der Waals surface area contributed by atoms with Crippen LogP contribution in [0.25, 0.3) is 0 Å². The van der Waals surface area contributed by atoms with Gasteiger partial charge in [0.25, 0.3) is 0 Å². The Bertz CT molecular complexity index is 712. The maximum Gasteiger partial charge on any atom is 0.193 e. The lowest BCUT2D eigenvalue weighted by Gasteiger charge is -2.27. The van der Waals surface area contributed by atoms with Crippen molar-refractivity contribution >= 4 is 29.0 Å². The summed E-state index contributed by atoms with van der Waals surface area (Å²) >= 11 is 12.0. The second-order valence-electron chi connectivity index (χ2n) is 5.50. The molecule has 0 amide bonds. The molecule has 23 heavy (non-hydrogen) atoms. The first kappa shape index (κ1) is 16.5. The van der Waals surface area contributed by atoms with Gasteiger partial charge in [0.2, 0.25) is 0 Å². The van der Waals surface area contributed by atoms with Gasteiger partial charge in [-0.05, 0) is 23.8 Å². The standard InChI is InChI=1S/C18H17Cl2NO2/c19-16-6-5-13(11-17(16)20)18(22)15-4-2-1-3-14(15)12-21-7-9-23-10-8-21/h1-6,11H,7-10,12H2. The number of hydrogen-bond acceptors (Lipinski definition) is 3. The number of morpholine rings is 1. The van der Waals surface area contributed by atoms with E-state index < -0.39 is 0 Å². The molecule has 120 valence electrons. The average molecular weight is 350 g/mol. The predicted molar refractivity (Wildman–Crippen MR) is 92.4 cm³/mol. The van der Waals surface area contributed by atoms with Crippen molar-refractivity contribution in [3.8, 4) is 0 Å². The Kier molecular flexibility index (Phi) is 5.34. The van der Waals surface area contributed by atoms with Crippen molar-refractivity contribution in [1.29, 1.82) is 0 Å². The van der Waals surface area contributed by atoms with Crippen LogP contribution >= 0.6 is 23.2 Å². The fraction of sp³-hybridized carbons (Fsp3) is 0.278. The van der Waals surface area contributed by atoms with Gasteiger partial charge in [-0.1, -0.05) is 47.5 Å². The monoisotopic (exact) mass is 349 g/mol. The molecule has 2 aromatic carbocycles. The van der Waals surface area contributed by atoms with E-state index in [4.69, 9.17) is 27.9 Å². The van der Waals surface area contributed by atoms with E-state index in [1.54, 1.807) is 18.2 Å². The van der Waals surface area contributed by atoms with Gasteiger partial charge >= 0.3 is 0 Å². The molecule has 2 aromatic rings. The van der Waals surface area contributed by atoms with Crippen LogP contribution in [0.15, 0.2) is 42.5 Å². The molecule has 1 fully saturated rings. The quantitative estimate of drug-likeness (QED) is 0.779. The number of nitrogens with zero attached hydrogens (tertiary/aromatic N) is 1. The Morgan fingerprint density at radius 3 is 2.52 bits per heavy atom. The van der Waals surface area contributed by atoms with E-state index in [1.807, 2.05) is 24.3 Å². The van der Waals surface area contributed by atoms with Gasteiger partial charge in [-0.3, -0.25) is 9.69 Å². The van der Waals surface area contributed by atoms with Gasteiger partial charge in [0.1, 0.15) is 0 Å². The van der Waals surface area contributed by atoms with Crippen molar-refractivity contribution in [2.75, 3.05) is 26.3 Å². The lowest BCUT2D eigenvalue weighted by Crippen LogP contribution is -2.36. The van der Waals surface area contributed by atoms with Crippen LogP contribution < -0.4 is 0 Å². The minimum absolute atomic E-state index is 0.0348. The Morgan fingerprint density at radius 2 is 1.78 bits per heavy atom. The maximum absolute atomic E-state index is 12.8. The van der Waals surface area contributed by atoms with Crippen LogP contribution in [0.4, 0.5) is 0 Å². The highest BCUT2D eigenvalue weighted by Crippen LogP contribution is 2.25. The van der Waals surface area contributed by atoms with Crippen LogP contribution in [-0.4, -0.2) is 37.0 Å². The fourth-order valence-corrected chi connectivity index (χ4v) is 2.97. The second kappa shape index (κ2) is 7.45. The highest BCUT2D eigenvalue weighted by Gasteiger charge is 2.17. The molecule has 5 heteroatoms. The molecule has 0 aromatic heterocycles. The number of carbonyl (C=O) groups excluding carboxylic acids is 1. The van der Waals surface area contributed by atoms with Crippen molar-refractivity contribution in [1.82, 2.24) is 4.90 Å². The first-order valence-corrected chi connectivity index (χ1v) is 8.28. The summed E-state index contributed by atoms with van der Waals surface area (Å²) in [6.45, 7) is 3.99. The molecule has 0 bridgehead atoms. The second-order valence-corrected chi connectivity index (χ2v) is 6.32. The summed E-state index contributed by atoms with van der Waals surface area (Å²) in [5.41, 5.74) is 2.27. The van der Waals surface area contributed by atoms with Gasteiger partial charge in [0, 0.05) is 30.8 Å². The van der Waals surface area contributed by atoms with Gasteiger partial charge in [-0.2, -0.15) is 0 Å². The minimum Gasteiger partial charge on any atom is -0.379 e. The number of benzene rings is 2. The number of rotatable bonds is 4. The fourth-order valence-electron chi connectivity index (χ4n) is 2.67. The third kappa shape index (κ3) is 3.93. The lowest BCUT2D eigenvalue weighted by atomic mass is 9.98. The van der Waals surface area contributed by atoms with Gasteiger partial charge in [0.15, 0.2) is 5.78 Å². The molecule has 0 spiro atoms. The number of ether oxygens (including phenoxy) is 1. The number of ketones is 1. The molecule has 3 rings (SSSR count). The molecule has 0 atom stereocenters. The Labute approximate surface area is 145 Å². The van der Waals surface area contributed by atoms with Crippen LogP contribution in [-0.2, 0) is 11.3 Å². The molecule has 0 unspecified atom stereocenters. The lowest BCUT2D eigenvalue weighted by molar-refractivity contribution is 0.0341. The summed E-state index contributed by atoms with van der Waals surface area (Å²) in [5, 5.41) is 0.841. The number of hydrogen-bond donors (Lipinski definition) is 0. The molecule has 3 nitrogen and oxygen atoms in total. The zero-order valence-corrected chi connectivity index (χ0v) is 14.1. The van der Waals surface area contributed by atoms with Crippen LogP contribution in [0.5, 0.6) is 0 Å². The summed E-state index contributed by atoms with van der Waals surface area (Å²) in [6, 6.07) is 12.7. The molecule has 1 heterocycles. The molecule has 0 aliphatic carbocycles. The third-order valence-corrected chi connectivity index (χ3v) is 4.68. The summed E-state index contributed by atoms with van der Waals surface area (Å²) in [5.74, 6) is -0.0348. The normalized spacial score (nSPS) is 15.6. The van der Waals surface area contributed by atoms with Crippen LogP contribution in [0, 0.1) is 0 Å². The van der Waals surface area contributed by atoms with Crippen molar-refractivity contribution in [3.63, 3.8) is 0 Å². The van der Waals surface area contributed by atoms with Crippen molar-refractivity contribution in [2.45, 2.75) is 6.54 Å². The summed E-state index contributed by atoms with van der Waals surface area (Å²) in [7, 11) is 0. The Hall–Kier alpha value is -1.39. The van der Waals surface area contributed by atoms with Gasteiger partial charge in [-0.25, -0.2) is 0 Å². The smallest absolute Gasteiger partial charge is 0.193 e. The molecule has 1 saturated heterocycles. The van der Waals surface area contributed by atoms with Crippen LogP contribution in [0.3, 0.4) is 0 Å². The third-order valence-electron chi connectivity index (χ3n) is 3.94. The van der Waals surface area contributed by atoms with Crippen LogP contribution in [0.1, 0.15) is 21.5 Å². The van der Waals surface area contributed by atoms with E-state index >= 15 is 0 Å². The molecular weight excluding hydrogens is 333 g/mol. The van der Waals surface area contributed by atoms with E-state index in [9.17, 15) is 4.79 Å². The highest BCUT2D eigenvalue weighted by atomic mass is 35.5. The predicted octanol–water partition coefficient (Wildman–Crippen LogP) is 4.06. The van der Waals surface area contributed by atoms with Crippen molar-refractivity contribution in [3.05, 3.63) is 69.2 Å². The first-order valence-electron chi connectivity index (χ1n) is 7.53. The summed E-state index contributed by atoms with van der Waals surface area (Å²) in [6.07, 6.45) is 0. The summed E-state index contributed by atoms with van der Waals surface area (Å²) in [4.78, 5) is 15.1. The van der Waals surface area contributed by atoms with Gasteiger partial charge in [-0.15, -0.1) is 0 Å². The van der Waals surface area contributed by atoms with Crippen molar-refractivity contribution < 1.29 is 9.53 Å². The number of halogens is 2. The first-order chi connectivity index (χ1) is 11.1. The average Bonchev–Trinajstić information content (AvgIpc) is 2.58. The minimum atomic E-state index is -0.0348.